The van der Waals surface area contributed by atoms with E-state index in [1.807, 2.05) is 48.5 Å². The lowest BCUT2D eigenvalue weighted by atomic mass is 10.1. The van der Waals surface area contributed by atoms with E-state index in [0.717, 1.165) is 22.0 Å². The molecule has 0 saturated heterocycles. The Labute approximate surface area is 192 Å². The molecule has 6 nitrogen and oxygen atoms in total. The summed E-state index contributed by atoms with van der Waals surface area (Å²) in [6, 6.07) is 13.3. The van der Waals surface area contributed by atoms with Gasteiger partial charge < -0.3 is 9.47 Å². The Morgan fingerprint density at radius 1 is 1.19 bits per heavy atom. The minimum atomic E-state index is -0.193. The van der Waals surface area contributed by atoms with Gasteiger partial charge in [-0.25, -0.2) is 0 Å². The highest BCUT2D eigenvalue weighted by atomic mass is 79.9. The fourth-order valence-corrected chi connectivity index (χ4v) is 4.41. The molecule has 0 saturated carbocycles. The van der Waals surface area contributed by atoms with E-state index in [1.165, 1.54) is 15.9 Å². The van der Waals surface area contributed by atoms with Crippen molar-refractivity contribution in [1.82, 2.24) is 14.6 Å². The SMILES string of the molecule is COc1cc(C=c2sc3nc(-c4ccccc4Br)nn3c2=O)ccc1OCCC(C)C. The Morgan fingerprint density at radius 2 is 2.00 bits per heavy atom. The molecule has 0 aliphatic rings. The van der Waals surface area contributed by atoms with Crippen molar-refractivity contribution in [2.45, 2.75) is 20.3 Å². The van der Waals surface area contributed by atoms with Crippen LogP contribution in [0.25, 0.3) is 22.4 Å². The average molecular weight is 500 g/mol. The van der Waals surface area contributed by atoms with Crippen LogP contribution in [0.3, 0.4) is 0 Å². The minimum absolute atomic E-state index is 0.193. The van der Waals surface area contributed by atoms with E-state index in [1.54, 1.807) is 7.11 Å². The minimum Gasteiger partial charge on any atom is -0.493 e. The van der Waals surface area contributed by atoms with Crippen LogP contribution < -0.4 is 19.6 Å². The monoisotopic (exact) mass is 499 g/mol. The largest absolute Gasteiger partial charge is 0.493 e. The van der Waals surface area contributed by atoms with Crippen molar-refractivity contribution in [1.29, 1.82) is 0 Å². The van der Waals surface area contributed by atoms with Gasteiger partial charge in [-0.05, 0) is 48.2 Å². The third-order valence-corrected chi connectivity index (χ3v) is 6.39. The third kappa shape index (κ3) is 4.65. The molecule has 2 heterocycles. The Morgan fingerprint density at radius 3 is 2.71 bits per heavy atom. The van der Waals surface area contributed by atoms with Crippen LogP contribution in [0.4, 0.5) is 0 Å². The topological polar surface area (TPSA) is 65.7 Å². The van der Waals surface area contributed by atoms with E-state index < -0.39 is 0 Å². The van der Waals surface area contributed by atoms with Crippen LogP contribution in [-0.4, -0.2) is 28.3 Å². The summed E-state index contributed by atoms with van der Waals surface area (Å²) >= 11 is 4.81. The Kier molecular flexibility index (Phi) is 6.38. The number of methoxy groups -OCH3 is 1. The van der Waals surface area contributed by atoms with Crippen molar-refractivity contribution in [3.8, 4) is 22.9 Å². The fourth-order valence-electron chi connectivity index (χ4n) is 3.04. The summed E-state index contributed by atoms with van der Waals surface area (Å²) in [5, 5.41) is 4.41. The van der Waals surface area contributed by atoms with Crippen LogP contribution in [0, 0.1) is 5.92 Å². The van der Waals surface area contributed by atoms with Crippen molar-refractivity contribution >= 4 is 38.3 Å². The van der Waals surface area contributed by atoms with Crippen LogP contribution in [0.2, 0.25) is 0 Å². The number of nitrogens with zero attached hydrogens (tertiary/aromatic N) is 3. The first-order valence-corrected chi connectivity index (χ1v) is 11.5. The molecule has 0 amide bonds. The number of ether oxygens (including phenoxy) is 2. The predicted molar refractivity (Wildman–Crippen MR) is 127 cm³/mol. The van der Waals surface area contributed by atoms with Gasteiger partial charge in [-0.15, -0.1) is 5.10 Å². The number of rotatable bonds is 7. The molecular weight excluding hydrogens is 478 g/mol. The Bertz CT molecular complexity index is 1330. The number of aromatic nitrogens is 3. The molecule has 160 valence electrons. The van der Waals surface area contributed by atoms with E-state index in [9.17, 15) is 4.79 Å². The first-order valence-electron chi connectivity index (χ1n) is 9.93. The summed E-state index contributed by atoms with van der Waals surface area (Å²) in [7, 11) is 1.61. The second-order valence-corrected chi connectivity index (χ2v) is 9.33. The molecule has 0 aliphatic heterocycles. The predicted octanol–water partition coefficient (Wildman–Crippen LogP) is 4.56. The van der Waals surface area contributed by atoms with Crippen LogP contribution in [0.1, 0.15) is 25.8 Å². The number of halogens is 1. The van der Waals surface area contributed by atoms with E-state index in [2.05, 4.69) is 39.9 Å². The lowest BCUT2D eigenvalue weighted by molar-refractivity contribution is 0.273. The molecule has 0 atom stereocenters. The van der Waals surface area contributed by atoms with Crippen molar-refractivity contribution in [3.63, 3.8) is 0 Å². The zero-order valence-electron chi connectivity index (χ0n) is 17.5. The van der Waals surface area contributed by atoms with Crippen molar-refractivity contribution in [2.75, 3.05) is 13.7 Å². The highest BCUT2D eigenvalue weighted by molar-refractivity contribution is 9.10. The fraction of sp³-hybridized carbons (Fsp3) is 0.261. The van der Waals surface area contributed by atoms with Gasteiger partial charge in [0.05, 0.1) is 18.2 Å². The second-order valence-electron chi connectivity index (χ2n) is 7.47. The molecule has 4 rings (SSSR count). The van der Waals surface area contributed by atoms with Gasteiger partial charge >= 0.3 is 0 Å². The Hall–Kier alpha value is -2.71. The maximum Gasteiger partial charge on any atom is 0.291 e. The lowest BCUT2D eigenvalue weighted by Crippen LogP contribution is -2.23. The molecule has 2 aromatic heterocycles. The third-order valence-electron chi connectivity index (χ3n) is 4.73. The summed E-state index contributed by atoms with van der Waals surface area (Å²) in [5.74, 6) is 2.43. The number of hydrogen-bond donors (Lipinski definition) is 0. The first-order chi connectivity index (χ1) is 15.0. The zero-order valence-corrected chi connectivity index (χ0v) is 19.9. The van der Waals surface area contributed by atoms with E-state index in [4.69, 9.17) is 9.47 Å². The molecule has 0 spiro atoms. The van der Waals surface area contributed by atoms with Gasteiger partial charge in [0.1, 0.15) is 0 Å². The lowest BCUT2D eigenvalue weighted by Gasteiger charge is -2.12. The molecular formula is C23H22BrN3O3S. The summed E-state index contributed by atoms with van der Waals surface area (Å²) in [6.07, 6.45) is 2.79. The first kappa shape index (κ1) is 21.5. The van der Waals surface area contributed by atoms with Crippen molar-refractivity contribution in [2.24, 2.45) is 5.92 Å². The van der Waals surface area contributed by atoms with Gasteiger partial charge in [0.15, 0.2) is 17.3 Å². The number of benzene rings is 2. The van der Waals surface area contributed by atoms with Gasteiger partial charge in [-0.2, -0.15) is 9.50 Å². The van der Waals surface area contributed by atoms with Crippen LogP contribution in [0.5, 0.6) is 11.5 Å². The van der Waals surface area contributed by atoms with Crippen molar-refractivity contribution in [3.05, 3.63) is 67.4 Å². The standard InChI is InChI=1S/C23H22BrN3O3S/c1-14(2)10-11-30-18-9-8-15(12-19(18)29-3)13-20-22(28)27-23(31-20)25-21(26-27)16-6-4-5-7-17(16)24/h4-9,12-14H,10-11H2,1-3H3. The number of hydrogen-bond acceptors (Lipinski definition) is 6. The maximum absolute atomic E-state index is 12.9. The van der Waals surface area contributed by atoms with Gasteiger partial charge in [-0.3, -0.25) is 4.79 Å². The smallest absolute Gasteiger partial charge is 0.291 e. The van der Waals surface area contributed by atoms with E-state index >= 15 is 0 Å². The van der Waals surface area contributed by atoms with Gasteiger partial charge in [0, 0.05) is 10.0 Å². The Balaban J connectivity index is 1.65. The maximum atomic E-state index is 12.9. The van der Waals surface area contributed by atoms with Gasteiger partial charge in [0.2, 0.25) is 4.96 Å². The summed E-state index contributed by atoms with van der Waals surface area (Å²) in [6.45, 7) is 4.95. The number of fused-ring (bicyclic) bond motifs is 1. The zero-order chi connectivity index (χ0) is 22.0. The molecule has 31 heavy (non-hydrogen) atoms. The molecule has 0 aliphatic carbocycles. The average Bonchev–Trinajstić information content (AvgIpc) is 3.28. The highest BCUT2D eigenvalue weighted by Crippen LogP contribution is 2.29. The highest BCUT2D eigenvalue weighted by Gasteiger charge is 2.14. The molecule has 2 aromatic carbocycles. The van der Waals surface area contributed by atoms with E-state index in [0.29, 0.717) is 39.3 Å². The van der Waals surface area contributed by atoms with Crippen LogP contribution in [0.15, 0.2) is 51.7 Å². The molecule has 0 unspecified atom stereocenters. The normalized spacial score (nSPS) is 12.1. The summed E-state index contributed by atoms with van der Waals surface area (Å²) in [4.78, 5) is 18.0. The molecule has 0 N–H and O–H groups in total. The molecule has 8 heteroatoms. The molecule has 0 bridgehead atoms. The van der Waals surface area contributed by atoms with Crippen LogP contribution >= 0.6 is 27.3 Å². The van der Waals surface area contributed by atoms with Crippen LogP contribution in [-0.2, 0) is 0 Å². The second kappa shape index (κ2) is 9.20. The summed E-state index contributed by atoms with van der Waals surface area (Å²) < 4.78 is 14.1. The van der Waals surface area contributed by atoms with E-state index in [-0.39, 0.29) is 5.56 Å². The number of thiazole rings is 1. The van der Waals surface area contributed by atoms with Crippen molar-refractivity contribution < 1.29 is 9.47 Å². The molecule has 4 aromatic rings. The molecule has 0 radical (unpaired) electrons. The van der Waals surface area contributed by atoms with Gasteiger partial charge in [0.25, 0.3) is 5.56 Å². The summed E-state index contributed by atoms with van der Waals surface area (Å²) in [5.41, 5.74) is 1.50. The quantitative estimate of drug-likeness (QED) is 0.372. The van der Waals surface area contributed by atoms with Gasteiger partial charge in [-0.1, -0.05) is 59.3 Å². The molecule has 0 fully saturated rings.